The second kappa shape index (κ2) is 10.1. The molecule has 7 nitrogen and oxygen atoms in total. The van der Waals surface area contributed by atoms with Crippen LogP contribution in [-0.4, -0.2) is 38.7 Å². The van der Waals surface area contributed by atoms with Crippen LogP contribution < -0.4 is 10.1 Å². The Morgan fingerprint density at radius 2 is 2.03 bits per heavy atom. The molecule has 1 aromatic carbocycles. The molecule has 0 saturated heterocycles. The highest BCUT2D eigenvalue weighted by Crippen LogP contribution is 2.45. The molecule has 0 fully saturated rings. The Kier molecular flexibility index (Phi) is 7.50. The van der Waals surface area contributed by atoms with Gasteiger partial charge in [-0.15, -0.1) is 11.3 Å². The second-order valence-electron chi connectivity index (χ2n) is 6.69. The molecule has 1 aliphatic carbocycles. The van der Waals surface area contributed by atoms with Crippen LogP contribution in [0, 0.1) is 0 Å². The van der Waals surface area contributed by atoms with Crippen molar-refractivity contribution in [1.29, 1.82) is 0 Å². The van der Waals surface area contributed by atoms with E-state index < -0.39 is 23.8 Å². The summed E-state index contributed by atoms with van der Waals surface area (Å²) in [7, 11) is 2.58. The van der Waals surface area contributed by atoms with Gasteiger partial charge in [0.25, 0.3) is 0 Å². The molecular weight excluding hydrogens is 486 g/mol. The Morgan fingerprint density at radius 1 is 1.26 bits per heavy atom. The van der Waals surface area contributed by atoms with Crippen molar-refractivity contribution in [3.63, 3.8) is 0 Å². The number of esters is 2. The molecule has 164 valence electrons. The summed E-state index contributed by atoms with van der Waals surface area (Å²) in [6.45, 7) is 2.38. The van der Waals surface area contributed by atoms with Gasteiger partial charge in [-0.3, -0.25) is 9.59 Å². The Bertz CT molecular complexity index is 1040. The van der Waals surface area contributed by atoms with Gasteiger partial charge in [0.2, 0.25) is 5.91 Å². The highest BCUT2D eigenvalue weighted by Gasteiger charge is 2.38. The van der Waals surface area contributed by atoms with Crippen LogP contribution in [0.15, 0.2) is 28.7 Å². The van der Waals surface area contributed by atoms with E-state index in [1.54, 1.807) is 6.08 Å². The zero-order chi connectivity index (χ0) is 22.5. The summed E-state index contributed by atoms with van der Waals surface area (Å²) in [5.74, 6) is -1.30. The number of thiophene rings is 1. The van der Waals surface area contributed by atoms with Gasteiger partial charge in [0, 0.05) is 21.0 Å². The standard InChI is InChI=1S/C22H22BrNO6S/c1-4-30-15-8-6-13(23)11-12(15)5-10-17(25)24-20-19(22(27)29-3)18-14(21(26)28-2)7-9-16(18)31-20/h5-6,8,10-11,14H,4,7,9H2,1-3H3,(H,24,25)/b10-5+. The van der Waals surface area contributed by atoms with Crippen LogP contribution in [0.4, 0.5) is 5.00 Å². The summed E-state index contributed by atoms with van der Waals surface area (Å²) in [6.07, 6.45) is 4.20. The van der Waals surface area contributed by atoms with Gasteiger partial charge < -0.3 is 19.5 Å². The summed E-state index contributed by atoms with van der Waals surface area (Å²) >= 11 is 4.69. The maximum Gasteiger partial charge on any atom is 0.341 e. The lowest BCUT2D eigenvalue weighted by atomic mass is 9.99. The number of halogens is 1. The lowest BCUT2D eigenvalue weighted by Crippen LogP contribution is -2.16. The summed E-state index contributed by atoms with van der Waals surface area (Å²) in [4.78, 5) is 38.1. The fraction of sp³-hybridized carbons (Fsp3) is 0.318. The minimum absolute atomic E-state index is 0.217. The van der Waals surface area contributed by atoms with E-state index in [4.69, 9.17) is 14.2 Å². The first-order valence-electron chi connectivity index (χ1n) is 9.62. The number of aryl methyl sites for hydroxylation is 1. The Morgan fingerprint density at radius 3 is 2.71 bits per heavy atom. The number of hydrogen-bond acceptors (Lipinski definition) is 7. The van der Waals surface area contributed by atoms with E-state index in [0.717, 1.165) is 14.9 Å². The van der Waals surface area contributed by atoms with Crippen LogP contribution in [-0.2, 0) is 25.5 Å². The maximum atomic E-state index is 12.6. The molecule has 0 aliphatic heterocycles. The topological polar surface area (TPSA) is 90.9 Å². The van der Waals surface area contributed by atoms with Crippen molar-refractivity contribution in [3.05, 3.63) is 50.3 Å². The van der Waals surface area contributed by atoms with Crippen molar-refractivity contribution in [2.75, 3.05) is 26.1 Å². The molecule has 1 heterocycles. The van der Waals surface area contributed by atoms with E-state index in [-0.39, 0.29) is 5.56 Å². The third kappa shape index (κ3) is 4.99. The summed E-state index contributed by atoms with van der Waals surface area (Å²) in [5, 5.41) is 3.12. The molecule has 1 aromatic heterocycles. The van der Waals surface area contributed by atoms with E-state index in [0.29, 0.717) is 35.8 Å². The lowest BCUT2D eigenvalue weighted by molar-refractivity contribution is -0.142. The minimum atomic E-state index is -0.599. The molecule has 1 amide bonds. The SMILES string of the molecule is CCOc1ccc(Br)cc1/C=C/C(=O)Nc1sc2c(c1C(=O)OC)C(C(=O)OC)CC2. The molecule has 0 bridgehead atoms. The molecule has 0 radical (unpaired) electrons. The average Bonchev–Trinajstić information content (AvgIpc) is 3.31. The molecule has 0 saturated carbocycles. The van der Waals surface area contributed by atoms with Crippen molar-refractivity contribution < 1.29 is 28.6 Å². The van der Waals surface area contributed by atoms with E-state index in [9.17, 15) is 14.4 Å². The number of rotatable bonds is 7. The first-order valence-corrected chi connectivity index (χ1v) is 11.2. The number of carbonyl (C=O) groups excluding carboxylic acids is 3. The fourth-order valence-corrected chi connectivity index (χ4v) is 5.14. The van der Waals surface area contributed by atoms with Gasteiger partial charge in [-0.1, -0.05) is 15.9 Å². The molecule has 9 heteroatoms. The van der Waals surface area contributed by atoms with E-state index in [1.807, 2.05) is 25.1 Å². The minimum Gasteiger partial charge on any atom is -0.493 e. The quantitative estimate of drug-likeness (QED) is 0.436. The van der Waals surface area contributed by atoms with Crippen molar-refractivity contribution in [2.45, 2.75) is 25.7 Å². The van der Waals surface area contributed by atoms with Crippen LogP contribution in [0.1, 0.15) is 45.6 Å². The van der Waals surface area contributed by atoms with Crippen molar-refractivity contribution in [2.24, 2.45) is 0 Å². The number of methoxy groups -OCH3 is 2. The zero-order valence-corrected chi connectivity index (χ0v) is 19.7. The largest absolute Gasteiger partial charge is 0.493 e. The monoisotopic (exact) mass is 507 g/mol. The summed E-state index contributed by atoms with van der Waals surface area (Å²) in [5.41, 5.74) is 1.54. The lowest BCUT2D eigenvalue weighted by Gasteiger charge is -2.11. The van der Waals surface area contributed by atoms with E-state index in [2.05, 4.69) is 21.2 Å². The van der Waals surface area contributed by atoms with Crippen molar-refractivity contribution in [3.8, 4) is 5.75 Å². The van der Waals surface area contributed by atoms with Gasteiger partial charge in [-0.2, -0.15) is 0 Å². The van der Waals surface area contributed by atoms with Crippen molar-refractivity contribution in [1.82, 2.24) is 0 Å². The third-order valence-electron chi connectivity index (χ3n) is 4.83. The molecule has 1 N–H and O–H groups in total. The number of fused-ring (bicyclic) bond motifs is 1. The normalized spacial score (nSPS) is 14.9. The Hall–Kier alpha value is -2.65. The third-order valence-corrected chi connectivity index (χ3v) is 6.50. The molecule has 1 aliphatic rings. The van der Waals surface area contributed by atoms with Crippen molar-refractivity contribution >= 4 is 56.2 Å². The number of amides is 1. The molecule has 1 atom stereocenters. The Labute approximate surface area is 192 Å². The second-order valence-corrected chi connectivity index (χ2v) is 8.71. The van der Waals surface area contributed by atoms with Gasteiger partial charge in [-0.25, -0.2) is 4.79 Å². The molecule has 3 rings (SSSR count). The first-order chi connectivity index (χ1) is 14.9. The fourth-order valence-electron chi connectivity index (χ4n) is 3.49. The molecule has 0 spiro atoms. The summed E-state index contributed by atoms with van der Waals surface area (Å²) in [6, 6.07) is 5.52. The number of ether oxygens (including phenoxy) is 3. The highest BCUT2D eigenvalue weighted by molar-refractivity contribution is 9.10. The number of anilines is 1. The van der Waals surface area contributed by atoms with Crippen LogP contribution in [0.25, 0.3) is 6.08 Å². The van der Waals surface area contributed by atoms with E-state index >= 15 is 0 Å². The van der Waals surface area contributed by atoms with Gasteiger partial charge in [0.1, 0.15) is 10.8 Å². The molecule has 31 heavy (non-hydrogen) atoms. The van der Waals surface area contributed by atoms with E-state index in [1.165, 1.54) is 31.6 Å². The number of hydrogen-bond donors (Lipinski definition) is 1. The van der Waals surface area contributed by atoms with Crippen LogP contribution in [0.3, 0.4) is 0 Å². The van der Waals surface area contributed by atoms with Crippen LogP contribution in [0.2, 0.25) is 0 Å². The first kappa shape index (κ1) is 23.0. The van der Waals surface area contributed by atoms with Gasteiger partial charge in [0.05, 0.1) is 32.3 Å². The smallest absolute Gasteiger partial charge is 0.341 e. The predicted molar refractivity (Wildman–Crippen MR) is 122 cm³/mol. The molecular formula is C22H22BrNO6S. The molecule has 2 aromatic rings. The number of nitrogens with one attached hydrogen (secondary N) is 1. The number of carbonyl (C=O) groups is 3. The van der Waals surface area contributed by atoms with Gasteiger partial charge in [-0.05, 0) is 49.6 Å². The molecule has 1 unspecified atom stereocenters. The van der Waals surface area contributed by atoms with Crippen LogP contribution >= 0.6 is 27.3 Å². The Balaban J connectivity index is 1.87. The summed E-state index contributed by atoms with van der Waals surface area (Å²) < 4.78 is 16.2. The maximum absolute atomic E-state index is 12.6. The van der Waals surface area contributed by atoms with Gasteiger partial charge in [0.15, 0.2) is 0 Å². The number of benzene rings is 1. The van der Waals surface area contributed by atoms with Gasteiger partial charge >= 0.3 is 11.9 Å². The highest BCUT2D eigenvalue weighted by atomic mass is 79.9. The average molecular weight is 508 g/mol. The van der Waals surface area contributed by atoms with Crippen LogP contribution in [0.5, 0.6) is 5.75 Å². The zero-order valence-electron chi connectivity index (χ0n) is 17.3. The predicted octanol–water partition coefficient (Wildman–Crippen LogP) is 4.55.